The third kappa shape index (κ3) is 2.97. The van der Waals surface area contributed by atoms with Crippen LogP contribution in [0.4, 0.5) is 11.8 Å². The monoisotopic (exact) mass is 411 g/mol. The largest absolute Gasteiger partial charge is 0.326 e. The van der Waals surface area contributed by atoms with Crippen LogP contribution in [0.5, 0.6) is 0 Å². The second-order valence-corrected chi connectivity index (χ2v) is 6.65. The molecule has 4 rings (SSSR count). The number of fused-ring (bicyclic) bond motifs is 1. The molecule has 2 aromatic heterocycles. The van der Waals surface area contributed by atoms with Crippen LogP contribution < -0.4 is 10.6 Å². The molecule has 2 N–H and O–H groups in total. The molecule has 1 aliphatic heterocycles. The van der Waals surface area contributed by atoms with Gasteiger partial charge in [-0.25, -0.2) is 4.98 Å². The number of aromatic nitrogens is 5. The van der Waals surface area contributed by atoms with E-state index in [4.69, 9.17) is 0 Å². The summed E-state index contributed by atoms with van der Waals surface area (Å²) in [4.78, 5) is 17.2. The van der Waals surface area contributed by atoms with Crippen molar-refractivity contribution in [3.8, 4) is 0 Å². The van der Waals surface area contributed by atoms with Gasteiger partial charge in [0.05, 0.1) is 5.57 Å². The first-order chi connectivity index (χ1) is 12.6. The van der Waals surface area contributed by atoms with E-state index < -0.39 is 6.04 Å². The van der Waals surface area contributed by atoms with E-state index in [0.717, 1.165) is 10.0 Å². The fraction of sp³-hybridized carbons (Fsp3) is 0.118. The van der Waals surface area contributed by atoms with Gasteiger partial charge in [0.15, 0.2) is 0 Å². The zero-order chi connectivity index (χ0) is 18.1. The van der Waals surface area contributed by atoms with Gasteiger partial charge in [0.2, 0.25) is 5.95 Å². The summed E-state index contributed by atoms with van der Waals surface area (Å²) in [5.41, 5.74) is 2.11. The van der Waals surface area contributed by atoms with Gasteiger partial charge >= 0.3 is 0 Å². The molecular formula is C17H14BrN7O. The molecule has 1 amide bonds. The van der Waals surface area contributed by atoms with Crippen molar-refractivity contribution in [1.29, 1.82) is 0 Å². The van der Waals surface area contributed by atoms with Gasteiger partial charge in [-0.1, -0.05) is 39.2 Å². The number of hydrogen-bond acceptors (Lipinski definition) is 6. The van der Waals surface area contributed by atoms with Gasteiger partial charge in [-0.15, -0.1) is 0 Å². The molecule has 0 saturated heterocycles. The summed E-state index contributed by atoms with van der Waals surface area (Å²) < 4.78 is 2.55. The quantitative estimate of drug-likeness (QED) is 0.687. The SMILES string of the molecule is CC1=C(C(=O)Nc2ccccn2)[C@@H](c2ccc(Br)cc2)n2nnnc2N1. The zero-order valence-electron chi connectivity index (χ0n) is 13.7. The minimum Gasteiger partial charge on any atom is -0.326 e. The van der Waals surface area contributed by atoms with Gasteiger partial charge in [-0.05, 0) is 47.2 Å². The highest BCUT2D eigenvalue weighted by Crippen LogP contribution is 2.35. The summed E-state index contributed by atoms with van der Waals surface area (Å²) >= 11 is 3.43. The average Bonchev–Trinajstić information content (AvgIpc) is 3.10. The normalized spacial score (nSPS) is 16.0. The topological polar surface area (TPSA) is 97.6 Å². The molecule has 1 atom stereocenters. The number of nitrogens with one attached hydrogen (secondary N) is 2. The van der Waals surface area contributed by atoms with Crippen LogP contribution in [0, 0.1) is 0 Å². The van der Waals surface area contributed by atoms with Crippen molar-refractivity contribution in [3.05, 3.63) is 70.0 Å². The van der Waals surface area contributed by atoms with Crippen LogP contribution >= 0.6 is 15.9 Å². The standard InChI is InChI=1S/C17H14BrN7O/c1-10-14(16(26)21-13-4-2-3-9-19-13)15(11-5-7-12(18)8-6-11)25-17(20-10)22-23-24-25/h2-9,15H,1H3,(H,19,21,26)(H,20,22,24)/t15-/m1/s1. The second-order valence-electron chi connectivity index (χ2n) is 5.73. The Kier molecular flexibility index (Phi) is 4.21. The Labute approximate surface area is 157 Å². The first-order valence-electron chi connectivity index (χ1n) is 7.87. The third-order valence-corrected chi connectivity index (χ3v) is 4.58. The summed E-state index contributed by atoms with van der Waals surface area (Å²) in [5.74, 6) is 0.711. The zero-order valence-corrected chi connectivity index (χ0v) is 15.3. The fourth-order valence-electron chi connectivity index (χ4n) is 2.88. The number of tetrazole rings is 1. The smallest absolute Gasteiger partial charge is 0.257 e. The lowest BCUT2D eigenvalue weighted by atomic mass is 9.95. The Bertz CT molecular complexity index is 982. The molecule has 3 heterocycles. The molecule has 0 unspecified atom stereocenters. The van der Waals surface area contributed by atoms with Crippen LogP contribution in [-0.2, 0) is 4.79 Å². The van der Waals surface area contributed by atoms with E-state index in [1.165, 1.54) is 0 Å². The van der Waals surface area contributed by atoms with Crippen molar-refractivity contribution < 1.29 is 4.79 Å². The molecule has 9 heteroatoms. The number of carbonyl (C=O) groups is 1. The number of benzene rings is 1. The van der Waals surface area contributed by atoms with E-state index in [9.17, 15) is 4.79 Å². The molecule has 0 spiro atoms. The second kappa shape index (κ2) is 6.68. The highest BCUT2D eigenvalue weighted by Gasteiger charge is 2.34. The summed E-state index contributed by atoms with van der Waals surface area (Å²) in [5, 5.41) is 17.7. The molecule has 1 aromatic carbocycles. The third-order valence-electron chi connectivity index (χ3n) is 4.05. The lowest BCUT2D eigenvalue weighted by Crippen LogP contribution is -2.31. The van der Waals surface area contributed by atoms with Crippen molar-refractivity contribution in [2.24, 2.45) is 0 Å². The summed E-state index contributed by atoms with van der Waals surface area (Å²) in [6.07, 6.45) is 1.63. The summed E-state index contributed by atoms with van der Waals surface area (Å²) in [7, 11) is 0. The number of anilines is 2. The fourth-order valence-corrected chi connectivity index (χ4v) is 3.14. The number of amides is 1. The first kappa shape index (κ1) is 16.4. The summed E-state index contributed by atoms with van der Waals surface area (Å²) in [6, 6.07) is 12.6. The number of pyridine rings is 1. The maximum Gasteiger partial charge on any atom is 0.257 e. The highest BCUT2D eigenvalue weighted by molar-refractivity contribution is 9.10. The molecule has 1 aliphatic rings. The molecule has 0 fully saturated rings. The van der Waals surface area contributed by atoms with Crippen LogP contribution in [-0.4, -0.2) is 31.1 Å². The van der Waals surface area contributed by atoms with Gasteiger partial charge in [0, 0.05) is 16.4 Å². The Morgan fingerprint density at radius 3 is 2.77 bits per heavy atom. The minimum absolute atomic E-state index is 0.261. The van der Waals surface area contributed by atoms with Crippen molar-refractivity contribution in [2.75, 3.05) is 10.6 Å². The van der Waals surface area contributed by atoms with E-state index in [1.807, 2.05) is 37.3 Å². The molecular weight excluding hydrogens is 398 g/mol. The van der Waals surface area contributed by atoms with Crippen LogP contribution in [0.25, 0.3) is 0 Å². The van der Waals surface area contributed by atoms with Crippen LogP contribution in [0.1, 0.15) is 18.5 Å². The molecule has 0 saturated carbocycles. The van der Waals surface area contributed by atoms with Crippen molar-refractivity contribution >= 4 is 33.6 Å². The number of hydrogen-bond donors (Lipinski definition) is 2. The number of nitrogens with zero attached hydrogens (tertiary/aromatic N) is 5. The molecule has 0 radical (unpaired) electrons. The van der Waals surface area contributed by atoms with Crippen LogP contribution in [0.3, 0.4) is 0 Å². The van der Waals surface area contributed by atoms with E-state index in [-0.39, 0.29) is 5.91 Å². The number of carbonyl (C=O) groups excluding carboxylic acids is 1. The Morgan fingerprint density at radius 1 is 1.23 bits per heavy atom. The Morgan fingerprint density at radius 2 is 2.04 bits per heavy atom. The van der Waals surface area contributed by atoms with E-state index in [0.29, 0.717) is 23.0 Å². The average molecular weight is 412 g/mol. The van der Waals surface area contributed by atoms with Crippen molar-refractivity contribution in [3.63, 3.8) is 0 Å². The molecule has 26 heavy (non-hydrogen) atoms. The van der Waals surface area contributed by atoms with Crippen LogP contribution in [0.15, 0.2) is 64.4 Å². The van der Waals surface area contributed by atoms with Crippen LogP contribution in [0.2, 0.25) is 0 Å². The molecule has 3 aromatic rings. The van der Waals surface area contributed by atoms with Crippen molar-refractivity contribution in [2.45, 2.75) is 13.0 Å². The number of halogens is 1. The predicted molar refractivity (Wildman–Crippen MR) is 99.3 cm³/mol. The first-order valence-corrected chi connectivity index (χ1v) is 8.66. The van der Waals surface area contributed by atoms with Gasteiger partial charge < -0.3 is 10.6 Å². The number of rotatable bonds is 3. The molecule has 0 bridgehead atoms. The van der Waals surface area contributed by atoms with Gasteiger partial charge in [0.1, 0.15) is 11.9 Å². The Balaban J connectivity index is 1.77. The van der Waals surface area contributed by atoms with Gasteiger partial charge in [-0.3, -0.25) is 4.79 Å². The predicted octanol–water partition coefficient (Wildman–Crippen LogP) is 2.76. The maximum atomic E-state index is 13.0. The van der Waals surface area contributed by atoms with Gasteiger partial charge in [0.25, 0.3) is 5.91 Å². The van der Waals surface area contributed by atoms with E-state index in [2.05, 4.69) is 47.1 Å². The Hall–Kier alpha value is -3.07. The molecule has 8 nitrogen and oxygen atoms in total. The maximum absolute atomic E-state index is 13.0. The molecule has 130 valence electrons. The minimum atomic E-state index is -0.446. The lowest BCUT2D eigenvalue weighted by molar-refractivity contribution is -0.113. The summed E-state index contributed by atoms with van der Waals surface area (Å²) in [6.45, 7) is 1.83. The van der Waals surface area contributed by atoms with E-state index >= 15 is 0 Å². The highest BCUT2D eigenvalue weighted by atomic mass is 79.9. The van der Waals surface area contributed by atoms with Crippen molar-refractivity contribution in [1.82, 2.24) is 25.2 Å². The molecule has 0 aliphatic carbocycles. The number of allylic oxidation sites excluding steroid dienone is 1. The van der Waals surface area contributed by atoms with Gasteiger partial charge in [-0.2, -0.15) is 4.68 Å². The van der Waals surface area contributed by atoms with E-state index in [1.54, 1.807) is 23.0 Å². The lowest BCUT2D eigenvalue weighted by Gasteiger charge is -2.27.